The zero-order chi connectivity index (χ0) is 7.97. The van der Waals surface area contributed by atoms with Gasteiger partial charge in [-0.15, -0.1) is 10.2 Å². The van der Waals surface area contributed by atoms with Gasteiger partial charge in [-0.2, -0.15) is 0 Å². The standard InChI is InChI=1S/C8H5N3O/c1-2-8-10-9-5-11(8)6-3-4-12-7(1)6/h1-5H. The van der Waals surface area contributed by atoms with Gasteiger partial charge in [-0.3, -0.25) is 4.40 Å². The van der Waals surface area contributed by atoms with Crippen LogP contribution in [0.25, 0.3) is 16.7 Å². The summed E-state index contributed by atoms with van der Waals surface area (Å²) < 4.78 is 7.11. The maximum Gasteiger partial charge on any atom is 0.161 e. The molecule has 0 aliphatic heterocycles. The van der Waals surface area contributed by atoms with E-state index in [1.165, 1.54) is 0 Å². The number of furan rings is 1. The topological polar surface area (TPSA) is 43.3 Å². The van der Waals surface area contributed by atoms with Crippen molar-refractivity contribution in [1.82, 2.24) is 14.6 Å². The second kappa shape index (κ2) is 1.85. The van der Waals surface area contributed by atoms with Crippen LogP contribution >= 0.6 is 0 Å². The Morgan fingerprint density at radius 1 is 1.25 bits per heavy atom. The largest absolute Gasteiger partial charge is 0.463 e. The van der Waals surface area contributed by atoms with Crippen LogP contribution in [-0.2, 0) is 0 Å². The average molecular weight is 159 g/mol. The van der Waals surface area contributed by atoms with Crippen LogP contribution in [0.3, 0.4) is 0 Å². The Balaban J connectivity index is 2.71. The maximum absolute atomic E-state index is 5.22. The second-order valence-corrected chi connectivity index (χ2v) is 2.56. The van der Waals surface area contributed by atoms with E-state index in [4.69, 9.17) is 4.42 Å². The Kier molecular flexibility index (Phi) is 0.889. The molecule has 3 rings (SSSR count). The molecular weight excluding hydrogens is 154 g/mol. The van der Waals surface area contributed by atoms with Crippen LogP contribution in [0.15, 0.2) is 35.2 Å². The Labute approximate surface area is 67.4 Å². The summed E-state index contributed by atoms with van der Waals surface area (Å²) in [6, 6.07) is 5.66. The summed E-state index contributed by atoms with van der Waals surface area (Å²) in [5.74, 6) is 0. The number of pyridine rings is 1. The van der Waals surface area contributed by atoms with E-state index in [1.807, 2.05) is 22.6 Å². The first-order valence-electron chi connectivity index (χ1n) is 3.61. The molecule has 0 fully saturated rings. The van der Waals surface area contributed by atoms with E-state index in [9.17, 15) is 0 Å². The molecule has 0 aliphatic rings. The van der Waals surface area contributed by atoms with Crippen LogP contribution < -0.4 is 0 Å². The third-order valence-electron chi connectivity index (χ3n) is 1.89. The van der Waals surface area contributed by atoms with Gasteiger partial charge in [0.15, 0.2) is 11.2 Å². The van der Waals surface area contributed by atoms with E-state index in [1.54, 1.807) is 12.6 Å². The summed E-state index contributed by atoms with van der Waals surface area (Å²) in [5.41, 5.74) is 2.68. The Bertz CT molecular complexity index is 487. The molecule has 3 aromatic heterocycles. The number of rotatable bonds is 0. The molecule has 0 radical (unpaired) electrons. The molecule has 0 N–H and O–H groups in total. The van der Waals surface area contributed by atoms with E-state index >= 15 is 0 Å². The summed E-state index contributed by atoms with van der Waals surface area (Å²) in [5, 5.41) is 7.72. The van der Waals surface area contributed by atoms with Gasteiger partial charge in [0.25, 0.3) is 0 Å². The minimum absolute atomic E-state index is 0.837. The van der Waals surface area contributed by atoms with E-state index in [2.05, 4.69) is 10.2 Å². The van der Waals surface area contributed by atoms with E-state index in [-0.39, 0.29) is 0 Å². The Morgan fingerprint density at radius 3 is 3.25 bits per heavy atom. The lowest BCUT2D eigenvalue weighted by Crippen LogP contribution is -1.81. The van der Waals surface area contributed by atoms with Crippen molar-refractivity contribution >= 4 is 16.7 Å². The molecule has 3 aromatic rings. The van der Waals surface area contributed by atoms with Gasteiger partial charge in [0.05, 0.1) is 11.8 Å². The van der Waals surface area contributed by atoms with Crippen LogP contribution in [0, 0.1) is 0 Å². The molecule has 0 aromatic carbocycles. The summed E-state index contributed by atoms with van der Waals surface area (Å²) in [6.45, 7) is 0. The van der Waals surface area contributed by atoms with E-state index in [0.717, 1.165) is 16.7 Å². The van der Waals surface area contributed by atoms with Crippen molar-refractivity contribution in [2.24, 2.45) is 0 Å². The normalized spacial score (nSPS) is 11.3. The number of aromatic nitrogens is 3. The molecule has 0 bridgehead atoms. The molecule has 0 saturated carbocycles. The molecule has 0 atom stereocenters. The van der Waals surface area contributed by atoms with Crippen molar-refractivity contribution in [3.8, 4) is 0 Å². The van der Waals surface area contributed by atoms with Gasteiger partial charge in [-0.25, -0.2) is 0 Å². The van der Waals surface area contributed by atoms with Crippen molar-refractivity contribution < 1.29 is 4.42 Å². The van der Waals surface area contributed by atoms with E-state index < -0.39 is 0 Å². The molecule has 0 aliphatic carbocycles. The average Bonchev–Trinajstić information content (AvgIpc) is 2.71. The molecular formula is C8H5N3O. The molecule has 0 unspecified atom stereocenters. The zero-order valence-corrected chi connectivity index (χ0v) is 6.14. The van der Waals surface area contributed by atoms with Gasteiger partial charge in [-0.1, -0.05) is 0 Å². The molecule has 4 heteroatoms. The number of hydrogen-bond acceptors (Lipinski definition) is 3. The monoisotopic (exact) mass is 159 g/mol. The van der Waals surface area contributed by atoms with Crippen LogP contribution in [0.1, 0.15) is 0 Å². The molecule has 12 heavy (non-hydrogen) atoms. The van der Waals surface area contributed by atoms with Crippen molar-refractivity contribution in [3.63, 3.8) is 0 Å². The molecule has 0 spiro atoms. The summed E-state index contributed by atoms with van der Waals surface area (Å²) >= 11 is 0. The summed E-state index contributed by atoms with van der Waals surface area (Å²) in [4.78, 5) is 0. The first kappa shape index (κ1) is 5.77. The fourth-order valence-corrected chi connectivity index (χ4v) is 1.33. The first-order valence-corrected chi connectivity index (χ1v) is 3.61. The lowest BCUT2D eigenvalue weighted by molar-refractivity contribution is 0.615. The molecule has 4 nitrogen and oxygen atoms in total. The van der Waals surface area contributed by atoms with Crippen LogP contribution in [0.2, 0.25) is 0 Å². The van der Waals surface area contributed by atoms with Crippen LogP contribution in [-0.4, -0.2) is 14.6 Å². The lowest BCUT2D eigenvalue weighted by atomic mass is 10.4. The zero-order valence-electron chi connectivity index (χ0n) is 6.14. The number of hydrogen-bond donors (Lipinski definition) is 0. The van der Waals surface area contributed by atoms with Crippen LogP contribution in [0.4, 0.5) is 0 Å². The minimum Gasteiger partial charge on any atom is -0.463 e. The predicted molar refractivity (Wildman–Crippen MR) is 42.8 cm³/mol. The Morgan fingerprint density at radius 2 is 2.25 bits per heavy atom. The third kappa shape index (κ3) is 0.567. The molecule has 0 saturated heterocycles. The van der Waals surface area contributed by atoms with Crippen LogP contribution in [0.5, 0.6) is 0 Å². The quantitative estimate of drug-likeness (QED) is 0.499. The fraction of sp³-hybridized carbons (Fsp3) is 0. The lowest BCUT2D eigenvalue weighted by Gasteiger charge is -1.91. The van der Waals surface area contributed by atoms with Gasteiger partial charge in [0, 0.05) is 6.07 Å². The van der Waals surface area contributed by atoms with Gasteiger partial charge < -0.3 is 4.42 Å². The predicted octanol–water partition coefficient (Wildman–Crippen LogP) is 1.48. The summed E-state index contributed by atoms with van der Waals surface area (Å²) in [7, 11) is 0. The van der Waals surface area contributed by atoms with Crippen molar-refractivity contribution in [1.29, 1.82) is 0 Å². The molecule has 0 amide bonds. The SMILES string of the molecule is c1cc2c(ccc3nncn32)o1. The van der Waals surface area contributed by atoms with Crippen molar-refractivity contribution in [2.45, 2.75) is 0 Å². The third-order valence-corrected chi connectivity index (χ3v) is 1.89. The second-order valence-electron chi connectivity index (χ2n) is 2.56. The van der Waals surface area contributed by atoms with Gasteiger partial charge in [0.1, 0.15) is 6.33 Å². The van der Waals surface area contributed by atoms with Gasteiger partial charge in [0.2, 0.25) is 0 Å². The number of fused-ring (bicyclic) bond motifs is 3. The highest BCUT2D eigenvalue weighted by Gasteiger charge is 2.01. The number of nitrogens with zero attached hydrogens (tertiary/aromatic N) is 3. The highest BCUT2D eigenvalue weighted by atomic mass is 16.3. The highest BCUT2D eigenvalue weighted by Crippen LogP contribution is 2.15. The van der Waals surface area contributed by atoms with Crippen molar-refractivity contribution in [3.05, 3.63) is 30.8 Å². The first-order chi connectivity index (χ1) is 5.95. The minimum atomic E-state index is 0.837. The van der Waals surface area contributed by atoms with Crippen molar-refractivity contribution in [2.75, 3.05) is 0 Å². The van der Waals surface area contributed by atoms with Gasteiger partial charge >= 0.3 is 0 Å². The molecule has 3 heterocycles. The Hall–Kier alpha value is -1.84. The van der Waals surface area contributed by atoms with E-state index in [0.29, 0.717) is 0 Å². The fourth-order valence-electron chi connectivity index (χ4n) is 1.33. The maximum atomic E-state index is 5.22. The van der Waals surface area contributed by atoms with Gasteiger partial charge in [-0.05, 0) is 12.1 Å². The summed E-state index contributed by atoms with van der Waals surface area (Å²) in [6.07, 6.45) is 3.33. The highest BCUT2D eigenvalue weighted by molar-refractivity contribution is 5.76. The molecule has 58 valence electrons. The smallest absolute Gasteiger partial charge is 0.161 e.